The lowest BCUT2D eigenvalue weighted by atomic mass is 9.84. The van der Waals surface area contributed by atoms with Gasteiger partial charge in [-0.05, 0) is 50.4 Å². The Morgan fingerprint density at radius 2 is 1.82 bits per heavy atom. The van der Waals surface area contributed by atoms with E-state index < -0.39 is 12.0 Å². The molecule has 5 heteroatoms. The molecule has 0 radical (unpaired) electrons. The van der Waals surface area contributed by atoms with Crippen LogP contribution in [0, 0.1) is 11.8 Å². The summed E-state index contributed by atoms with van der Waals surface area (Å²) in [7, 11) is 0. The van der Waals surface area contributed by atoms with Gasteiger partial charge in [0.2, 0.25) is 5.91 Å². The van der Waals surface area contributed by atoms with Crippen LogP contribution in [0.5, 0.6) is 0 Å². The first kappa shape index (κ1) is 15.8. The third-order valence-corrected chi connectivity index (χ3v) is 5.77. The summed E-state index contributed by atoms with van der Waals surface area (Å²) in [5, 5.41) is 9.49. The van der Waals surface area contributed by atoms with Gasteiger partial charge in [0, 0.05) is 25.7 Å². The summed E-state index contributed by atoms with van der Waals surface area (Å²) in [6, 6.07) is -0.410. The molecule has 1 aliphatic carbocycles. The Morgan fingerprint density at radius 1 is 1.09 bits per heavy atom. The van der Waals surface area contributed by atoms with E-state index in [1.807, 2.05) is 0 Å². The maximum absolute atomic E-state index is 12.7. The summed E-state index contributed by atoms with van der Waals surface area (Å²) in [5.41, 5.74) is 0. The number of hydrogen-bond donors (Lipinski definition) is 1. The van der Waals surface area contributed by atoms with Gasteiger partial charge in [0.15, 0.2) is 0 Å². The maximum Gasteiger partial charge on any atom is 0.326 e. The van der Waals surface area contributed by atoms with Gasteiger partial charge in [-0.2, -0.15) is 0 Å². The second kappa shape index (κ2) is 6.99. The van der Waals surface area contributed by atoms with Crippen molar-refractivity contribution in [2.24, 2.45) is 11.8 Å². The number of carbonyl (C=O) groups is 2. The molecule has 3 aliphatic rings. The van der Waals surface area contributed by atoms with E-state index in [1.165, 1.54) is 6.42 Å². The van der Waals surface area contributed by atoms with Crippen LogP contribution in [-0.4, -0.2) is 47.2 Å². The number of rotatable bonds is 4. The lowest BCUT2D eigenvalue weighted by Gasteiger charge is -2.33. The van der Waals surface area contributed by atoms with E-state index in [0.717, 1.165) is 51.7 Å². The Kier molecular flexibility index (Phi) is 5.01. The lowest BCUT2D eigenvalue weighted by molar-refractivity contribution is -0.150. The summed E-state index contributed by atoms with van der Waals surface area (Å²) in [6.45, 7) is 1.59. The minimum atomic E-state index is -0.825. The van der Waals surface area contributed by atoms with Crippen LogP contribution in [0.3, 0.4) is 0 Å². The van der Waals surface area contributed by atoms with Gasteiger partial charge in [-0.1, -0.05) is 12.8 Å². The van der Waals surface area contributed by atoms with Crippen LogP contribution >= 0.6 is 0 Å². The largest absolute Gasteiger partial charge is 0.480 e. The third kappa shape index (κ3) is 3.29. The first-order valence-electron chi connectivity index (χ1n) is 8.78. The fourth-order valence-corrected chi connectivity index (χ4v) is 4.53. The van der Waals surface area contributed by atoms with Gasteiger partial charge in [0.1, 0.15) is 6.04 Å². The first-order chi connectivity index (χ1) is 10.7. The average molecular weight is 309 g/mol. The van der Waals surface area contributed by atoms with Crippen LogP contribution in [0.2, 0.25) is 0 Å². The molecule has 5 nitrogen and oxygen atoms in total. The number of nitrogens with zero attached hydrogens (tertiary/aromatic N) is 1. The Bertz CT molecular complexity index is 419. The highest BCUT2D eigenvalue weighted by molar-refractivity contribution is 5.84. The van der Waals surface area contributed by atoms with Crippen molar-refractivity contribution < 1.29 is 19.4 Å². The molecular weight excluding hydrogens is 282 g/mol. The van der Waals surface area contributed by atoms with Crippen molar-refractivity contribution in [3.05, 3.63) is 0 Å². The zero-order valence-corrected chi connectivity index (χ0v) is 13.2. The van der Waals surface area contributed by atoms with Gasteiger partial charge in [0.25, 0.3) is 0 Å². The van der Waals surface area contributed by atoms with Crippen molar-refractivity contribution in [1.29, 1.82) is 0 Å². The molecular formula is C17H27NO4. The number of amides is 1. The van der Waals surface area contributed by atoms with E-state index in [-0.39, 0.29) is 11.9 Å². The number of fused-ring (bicyclic) bond motifs is 1. The monoisotopic (exact) mass is 309 g/mol. The number of ether oxygens (including phenoxy) is 1. The molecule has 0 bridgehead atoms. The fraction of sp³-hybridized carbons (Fsp3) is 0.882. The highest BCUT2D eigenvalue weighted by atomic mass is 16.5. The molecule has 1 saturated carbocycles. The normalized spacial score (nSPS) is 32.7. The predicted octanol–water partition coefficient (Wildman–Crippen LogP) is 2.44. The zero-order valence-electron chi connectivity index (χ0n) is 13.2. The Morgan fingerprint density at radius 3 is 2.55 bits per heavy atom. The van der Waals surface area contributed by atoms with E-state index in [2.05, 4.69) is 0 Å². The molecule has 2 heterocycles. The summed E-state index contributed by atoms with van der Waals surface area (Å²) in [5.74, 6) is 0.203. The molecule has 0 aromatic carbocycles. The number of hydrogen-bond acceptors (Lipinski definition) is 3. The average Bonchev–Trinajstić information content (AvgIpc) is 2.93. The molecule has 124 valence electrons. The second-order valence-corrected chi connectivity index (χ2v) is 7.10. The second-order valence-electron chi connectivity index (χ2n) is 7.10. The van der Waals surface area contributed by atoms with Gasteiger partial charge in [0.05, 0.1) is 0 Å². The molecule has 3 atom stereocenters. The van der Waals surface area contributed by atoms with E-state index in [4.69, 9.17) is 4.74 Å². The van der Waals surface area contributed by atoms with Crippen LogP contribution in [0.25, 0.3) is 0 Å². The molecule has 1 N–H and O–H groups in total. The molecule has 3 fully saturated rings. The molecule has 2 saturated heterocycles. The van der Waals surface area contributed by atoms with Gasteiger partial charge in [-0.3, -0.25) is 4.79 Å². The van der Waals surface area contributed by atoms with Gasteiger partial charge < -0.3 is 14.7 Å². The molecule has 0 unspecified atom stereocenters. The van der Waals surface area contributed by atoms with E-state index in [9.17, 15) is 14.7 Å². The van der Waals surface area contributed by atoms with Crippen molar-refractivity contribution >= 4 is 11.9 Å². The van der Waals surface area contributed by atoms with Gasteiger partial charge in [-0.25, -0.2) is 4.79 Å². The van der Waals surface area contributed by atoms with Gasteiger partial charge >= 0.3 is 5.97 Å². The standard InChI is InChI=1S/C17H27NO4/c19-16(6-5-12-7-9-22-10-8-12)18-14-4-2-1-3-13(14)11-15(18)17(20)21/h12-15H,1-11H2,(H,20,21)/t13-,14+,15-/m0/s1. The quantitative estimate of drug-likeness (QED) is 0.866. The molecule has 3 rings (SSSR count). The van der Waals surface area contributed by atoms with Crippen molar-refractivity contribution in [3.63, 3.8) is 0 Å². The minimum Gasteiger partial charge on any atom is -0.480 e. The highest BCUT2D eigenvalue weighted by Gasteiger charge is 2.47. The van der Waals surface area contributed by atoms with E-state index in [0.29, 0.717) is 24.7 Å². The minimum absolute atomic E-state index is 0.0632. The molecule has 2 aliphatic heterocycles. The predicted molar refractivity (Wildman–Crippen MR) is 81.4 cm³/mol. The van der Waals surface area contributed by atoms with Gasteiger partial charge in [-0.15, -0.1) is 0 Å². The molecule has 0 aromatic rings. The van der Waals surface area contributed by atoms with Crippen molar-refractivity contribution in [2.45, 2.75) is 69.9 Å². The lowest BCUT2D eigenvalue weighted by Crippen LogP contribution is -2.46. The molecule has 0 spiro atoms. The van der Waals surface area contributed by atoms with Crippen molar-refractivity contribution in [3.8, 4) is 0 Å². The summed E-state index contributed by atoms with van der Waals surface area (Å²) in [6.07, 6.45) is 8.46. The number of carboxylic acids is 1. The fourth-order valence-electron chi connectivity index (χ4n) is 4.53. The van der Waals surface area contributed by atoms with Crippen LogP contribution in [0.4, 0.5) is 0 Å². The Labute approximate surface area is 132 Å². The smallest absolute Gasteiger partial charge is 0.326 e. The number of carbonyl (C=O) groups excluding carboxylic acids is 1. The highest BCUT2D eigenvalue weighted by Crippen LogP contribution is 2.40. The Balaban J connectivity index is 1.61. The van der Waals surface area contributed by atoms with Crippen molar-refractivity contribution in [1.82, 2.24) is 4.90 Å². The molecule has 22 heavy (non-hydrogen) atoms. The number of aliphatic carboxylic acids is 1. The number of likely N-dealkylation sites (tertiary alicyclic amines) is 1. The van der Waals surface area contributed by atoms with Crippen LogP contribution in [-0.2, 0) is 14.3 Å². The van der Waals surface area contributed by atoms with Crippen LogP contribution < -0.4 is 0 Å². The summed E-state index contributed by atoms with van der Waals surface area (Å²) >= 11 is 0. The maximum atomic E-state index is 12.7. The Hall–Kier alpha value is -1.10. The third-order valence-electron chi connectivity index (χ3n) is 5.77. The first-order valence-corrected chi connectivity index (χ1v) is 8.78. The SMILES string of the molecule is O=C(O)[C@@H]1C[C@@H]2CCCC[C@H]2N1C(=O)CCC1CCOCC1. The topological polar surface area (TPSA) is 66.8 Å². The van der Waals surface area contributed by atoms with Crippen LogP contribution in [0.15, 0.2) is 0 Å². The van der Waals surface area contributed by atoms with Crippen LogP contribution in [0.1, 0.15) is 57.8 Å². The van der Waals surface area contributed by atoms with E-state index in [1.54, 1.807) is 4.90 Å². The molecule has 1 amide bonds. The summed E-state index contributed by atoms with van der Waals surface area (Å²) in [4.78, 5) is 26.0. The van der Waals surface area contributed by atoms with Crippen molar-refractivity contribution in [2.75, 3.05) is 13.2 Å². The zero-order chi connectivity index (χ0) is 15.5. The molecule has 0 aromatic heterocycles. The summed E-state index contributed by atoms with van der Waals surface area (Å²) < 4.78 is 5.35. The van der Waals surface area contributed by atoms with E-state index >= 15 is 0 Å². The number of carboxylic acid groups (broad SMARTS) is 1.